The Morgan fingerprint density at radius 3 is 2.73 bits per heavy atom. The number of fused-ring (bicyclic) bond motifs is 1. The molecule has 1 aromatic carbocycles. The van der Waals surface area contributed by atoms with Crippen LogP contribution in [0.4, 0.5) is 5.82 Å². The zero-order valence-corrected chi connectivity index (χ0v) is 17.6. The largest absolute Gasteiger partial charge is 0.386 e. The van der Waals surface area contributed by atoms with Crippen LogP contribution in [0.1, 0.15) is 23.6 Å². The minimum Gasteiger partial charge on any atom is -0.386 e. The molecule has 154 valence electrons. The zero-order valence-electron chi connectivity index (χ0n) is 16.8. The summed E-state index contributed by atoms with van der Waals surface area (Å²) in [4.78, 5) is 17.0. The summed E-state index contributed by atoms with van der Waals surface area (Å²) in [7, 11) is 0. The van der Waals surface area contributed by atoms with E-state index in [1.807, 2.05) is 24.4 Å². The van der Waals surface area contributed by atoms with Crippen LogP contribution >= 0.6 is 11.3 Å². The van der Waals surface area contributed by atoms with E-state index in [-0.39, 0.29) is 0 Å². The van der Waals surface area contributed by atoms with E-state index in [0.717, 1.165) is 35.0 Å². The Morgan fingerprint density at radius 2 is 1.97 bits per heavy atom. The molecule has 1 aliphatic heterocycles. The third-order valence-electron chi connectivity index (χ3n) is 5.02. The van der Waals surface area contributed by atoms with E-state index in [4.69, 9.17) is 19.8 Å². The first kappa shape index (κ1) is 19.1. The molecule has 0 saturated carbocycles. The highest BCUT2D eigenvalue weighted by Crippen LogP contribution is 2.32. The highest BCUT2D eigenvalue weighted by atomic mass is 32.1. The maximum Gasteiger partial charge on any atom is 0.254 e. The predicted octanol–water partition coefficient (Wildman–Crippen LogP) is 3.14. The van der Waals surface area contributed by atoms with Gasteiger partial charge in [0.2, 0.25) is 0 Å². The summed E-state index contributed by atoms with van der Waals surface area (Å²) in [6, 6.07) is 10.2. The molecule has 0 radical (unpaired) electrons. The molecule has 0 spiro atoms. The van der Waals surface area contributed by atoms with Gasteiger partial charge < -0.3 is 14.7 Å². The van der Waals surface area contributed by atoms with E-state index in [2.05, 4.69) is 28.9 Å². The molecule has 4 heterocycles. The fourth-order valence-electron chi connectivity index (χ4n) is 3.48. The quantitative estimate of drug-likeness (QED) is 0.540. The van der Waals surface area contributed by atoms with E-state index >= 15 is 0 Å². The molecule has 1 atom stereocenters. The molecule has 5 rings (SSSR count). The van der Waals surface area contributed by atoms with Gasteiger partial charge in [0, 0.05) is 24.8 Å². The normalized spacial score (nSPS) is 15.6. The van der Waals surface area contributed by atoms with Gasteiger partial charge in [-0.25, -0.2) is 9.67 Å². The number of hydrogen-bond donors (Lipinski definition) is 1. The minimum absolute atomic E-state index is 0.490. The fraction of sp³-hybridized carbons (Fsp3) is 0.333. The van der Waals surface area contributed by atoms with Crippen LogP contribution in [0.3, 0.4) is 0 Å². The molecule has 8 nitrogen and oxygen atoms in total. The minimum atomic E-state index is -0.650. The number of nitrogens with zero attached hydrogens (tertiary/aromatic N) is 6. The molecular formula is C21H22N6O2S. The Hall–Kier alpha value is -2.88. The second kappa shape index (κ2) is 7.75. The van der Waals surface area contributed by atoms with Crippen molar-refractivity contribution in [2.75, 3.05) is 31.2 Å². The average molecular weight is 423 g/mol. The lowest BCUT2D eigenvalue weighted by atomic mass is 10.1. The SMILES string of the molecule is Cc1cccc(-c2ccn(-c3nc(N4CCOCC4)c4nc(C(C)O)sc4n3)n2)c1. The molecule has 1 N–H and O–H groups in total. The van der Waals surface area contributed by atoms with Crippen LogP contribution in [0.15, 0.2) is 36.5 Å². The van der Waals surface area contributed by atoms with E-state index in [0.29, 0.717) is 29.7 Å². The van der Waals surface area contributed by atoms with Crippen molar-refractivity contribution in [3.05, 3.63) is 47.1 Å². The van der Waals surface area contributed by atoms with Crippen LogP contribution in [-0.2, 0) is 4.74 Å². The van der Waals surface area contributed by atoms with Gasteiger partial charge >= 0.3 is 0 Å². The van der Waals surface area contributed by atoms with Gasteiger partial charge in [0.05, 0.1) is 18.9 Å². The standard InChI is InChI=1S/C21H22N6O2S/c1-13-4-3-5-15(12-13)16-6-7-27(25-16)21-23-18(26-8-10-29-11-9-26)17-20(24-21)30-19(22-17)14(2)28/h3-7,12,14,28H,8-11H2,1-2H3. The van der Waals surface area contributed by atoms with Crippen LogP contribution in [-0.4, -0.2) is 56.1 Å². The number of ether oxygens (including phenoxy) is 1. The van der Waals surface area contributed by atoms with Gasteiger partial charge in [-0.1, -0.05) is 35.1 Å². The molecule has 3 aromatic heterocycles. The Morgan fingerprint density at radius 1 is 1.13 bits per heavy atom. The van der Waals surface area contributed by atoms with Crippen molar-refractivity contribution >= 4 is 27.5 Å². The molecule has 1 unspecified atom stereocenters. The maximum absolute atomic E-state index is 10.0. The van der Waals surface area contributed by atoms with Gasteiger partial charge in [-0.2, -0.15) is 15.1 Å². The Balaban J connectivity index is 1.60. The van der Waals surface area contributed by atoms with Crippen molar-refractivity contribution < 1.29 is 9.84 Å². The van der Waals surface area contributed by atoms with E-state index in [1.54, 1.807) is 11.6 Å². The summed E-state index contributed by atoms with van der Waals surface area (Å²) >= 11 is 1.39. The number of aromatic nitrogens is 5. The third-order valence-corrected chi connectivity index (χ3v) is 6.14. The van der Waals surface area contributed by atoms with E-state index in [1.165, 1.54) is 16.9 Å². The van der Waals surface area contributed by atoms with E-state index in [9.17, 15) is 5.11 Å². The van der Waals surface area contributed by atoms with Crippen molar-refractivity contribution in [3.8, 4) is 17.2 Å². The molecular weight excluding hydrogens is 400 g/mol. The number of hydrogen-bond acceptors (Lipinski definition) is 8. The van der Waals surface area contributed by atoms with Gasteiger partial charge in [0.1, 0.15) is 16.6 Å². The van der Waals surface area contributed by atoms with Crippen LogP contribution in [0.2, 0.25) is 0 Å². The molecule has 0 amide bonds. The molecule has 0 bridgehead atoms. The van der Waals surface area contributed by atoms with Crippen molar-refractivity contribution in [1.29, 1.82) is 0 Å². The number of anilines is 1. The van der Waals surface area contributed by atoms with Crippen molar-refractivity contribution in [3.63, 3.8) is 0 Å². The number of rotatable bonds is 4. The Labute approximate surface area is 177 Å². The summed E-state index contributed by atoms with van der Waals surface area (Å²) in [5, 5.41) is 15.4. The summed E-state index contributed by atoms with van der Waals surface area (Å²) in [5.74, 6) is 1.25. The zero-order chi connectivity index (χ0) is 20.7. The number of morpholine rings is 1. The number of aryl methyl sites for hydroxylation is 1. The van der Waals surface area contributed by atoms with E-state index < -0.39 is 6.10 Å². The summed E-state index contributed by atoms with van der Waals surface area (Å²) in [5.41, 5.74) is 3.82. The second-order valence-electron chi connectivity index (χ2n) is 7.34. The lowest BCUT2D eigenvalue weighted by molar-refractivity contribution is 0.122. The molecule has 1 fully saturated rings. The van der Waals surface area contributed by atoms with Crippen LogP contribution in [0, 0.1) is 6.92 Å². The smallest absolute Gasteiger partial charge is 0.254 e. The van der Waals surface area contributed by atoms with Crippen LogP contribution < -0.4 is 4.90 Å². The van der Waals surface area contributed by atoms with Crippen molar-refractivity contribution in [1.82, 2.24) is 24.7 Å². The van der Waals surface area contributed by atoms with Crippen molar-refractivity contribution in [2.24, 2.45) is 0 Å². The number of aliphatic hydroxyl groups is 1. The third kappa shape index (κ3) is 3.55. The topological polar surface area (TPSA) is 89.2 Å². The molecule has 30 heavy (non-hydrogen) atoms. The molecule has 1 saturated heterocycles. The number of benzene rings is 1. The first-order valence-corrected chi connectivity index (χ1v) is 10.7. The lowest BCUT2D eigenvalue weighted by Crippen LogP contribution is -2.37. The van der Waals surface area contributed by atoms with Crippen LogP contribution in [0.5, 0.6) is 0 Å². The summed E-state index contributed by atoms with van der Waals surface area (Å²) < 4.78 is 7.19. The molecule has 9 heteroatoms. The van der Waals surface area contributed by atoms with Gasteiger partial charge in [0.15, 0.2) is 10.6 Å². The Kier molecular flexibility index (Phi) is 4.93. The lowest BCUT2D eigenvalue weighted by Gasteiger charge is -2.28. The second-order valence-corrected chi connectivity index (χ2v) is 8.35. The summed E-state index contributed by atoms with van der Waals surface area (Å²) in [6.07, 6.45) is 1.22. The molecule has 0 aliphatic carbocycles. The maximum atomic E-state index is 10.0. The van der Waals surface area contributed by atoms with Gasteiger partial charge in [0.25, 0.3) is 5.95 Å². The van der Waals surface area contributed by atoms with Gasteiger partial charge in [-0.15, -0.1) is 0 Å². The van der Waals surface area contributed by atoms with Gasteiger partial charge in [-0.3, -0.25) is 0 Å². The molecule has 4 aromatic rings. The first-order valence-electron chi connectivity index (χ1n) is 9.91. The summed E-state index contributed by atoms with van der Waals surface area (Å²) in [6.45, 7) is 6.54. The van der Waals surface area contributed by atoms with Crippen LogP contribution in [0.25, 0.3) is 27.6 Å². The van der Waals surface area contributed by atoms with Gasteiger partial charge in [-0.05, 0) is 26.0 Å². The average Bonchev–Trinajstić information content (AvgIpc) is 3.41. The fourth-order valence-corrected chi connectivity index (χ4v) is 4.35. The Bertz CT molecular complexity index is 1200. The highest BCUT2D eigenvalue weighted by molar-refractivity contribution is 7.18. The monoisotopic (exact) mass is 422 g/mol. The number of aliphatic hydroxyl groups excluding tert-OH is 1. The van der Waals surface area contributed by atoms with Crippen molar-refractivity contribution in [2.45, 2.75) is 20.0 Å². The first-order chi connectivity index (χ1) is 14.6. The number of thiazole rings is 1. The predicted molar refractivity (Wildman–Crippen MR) is 116 cm³/mol. The molecule has 1 aliphatic rings. The highest BCUT2D eigenvalue weighted by Gasteiger charge is 2.22.